The SMILES string of the molecule is CC/C=C/C/C=C/C/C=C/CCCCCCCC(=O)O[C@H](COC(=O)CCCCCCCCC)COP(=O)(O)OCC[N+](C)(C)C. The summed E-state index contributed by atoms with van der Waals surface area (Å²) in [6, 6.07) is 0. The number of hydrogen-bond donors (Lipinski definition) is 1. The highest BCUT2D eigenvalue weighted by molar-refractivity contribution is 7.47. The fourth-order valence-electron chi connectivity index (χ4n) is 4.38. The number of carbonyl (C=O) groups excluding carboxylic acids is 2. The number of esters is 2. The zero-order chi connectivity index (χ0) is 34.4. The van der Waals surface area contributed by atoms with Crippen molar-refractivity contribution in [3.63, 3.8) is 0 Å². The standard InChI is InChI=1S/C36H66NO8P/c1-6-8-10-12-14-15-16-17-18-19-20-21-23-25-27-29-36(39)45-34(33-44-46(40,41)43-31-30-37(3,4)5)32-42-35(38)28-26-24-22-13-11-9-7-2/h8,10,14-15,17-18,34H,6-7,9,11-13,16,19-33H2,1-5H3/p+1/b10-8+,15-14+,18-17+/t34-/m1/s1. The van der Waals surface area contributed by atoms with Crippen molar-refractivity contribution < 1.29 is 42.1 Å². The average molecular weight is 673 g/mol. The molecule has 9 nitrogen and oxygen atoms in total. The van der Waals surface area contributed by atoms with Crippen LogP contribution in [-0.4, -0.2) is 74.9 Å². The maximum absolute atomic E-state index is 12.6. The van der Waals surface area contributed by atoms with Crippen molar-refractivity contribution in [3.8, 4) is 0 Å². The minimum Gasteiger partial charge on any atom is -0.462 e. The molecule has 46 heavy (non-hydrogen) atoms. The molecule has 0 aliphatic heterocycles. The Morgan fingerprint density at radius 2 is 1.24 bits per heavy atom. The van der Waals surface area contributed by atoms with Gasteiger partial charge in [-0.15, -0.1) is 0 Å². The number of carbonyl (C=O) groups is 2. The lowest BCUT2D eigenvalue weighted by molar-refractivity contribution is -0.870. The van der Waals surface area contributed by atoms with E-state index in [1.807, 2.05) is 21.1 Å². The Hall–Kier alpha value is -1.77. The molecule has 0 saturated carbocycles. The molecular formula is C36H67NO8P+. The summed E-state index contributed by atoms with van der Waals surface area (Å²) in [6.07, 6.45) is 29.2. The van der Waals surface area contributed by atoms with Crippen molar-refractivity contribution >= 4 is 19.8 Å². The molecule has 0 saturated heterocycles. The Labute approximate surface area is 281 Å². The van der Waals surface area contributed by atoms with E-state index in [1.165, 1.54) is 25.7 Å². The maximum Gasteiger partial charge on any atom is 0.472 e. The van der Waals surface area contributed by atoms with E-state index in [2.05, 4.69) is 50.3 Å². The van der Waals surface area contributed by atoms with Gasteiger partial charge in [-0.2, -0.15) is 0 Å². The van der Waals surface area contributed by atoms with Gasteiger partial charge < -0.3 is 18.9 Å². The molecule has 0 aromatic heterocycles. The molecular weight excluding hydrogens is 605 g/mol. The first-order chi connectivity index (χ1) is 22.0. The van der Waals surface area contributed by atoms with Crippen LogP contribution >= 0.6 is 7.82 Å². The zero-order valence-corrected chi connectivity index (χ0v) is 30.7. The first-order valence-electron chi connectivity index (χ1n) is 17.7. The highest BCUT2D eigenvalue weighted by Crippen LogP contribution is 2.43. The molecule has 2 atom stereocenters. The van der Waals surface area contributed by atoms with E-state index in [9.17, 15) is 19.0 Å². The summed E-state index contributed by atoms with van der Waals surface area (Å²) in [6.45, 7) is 4.21. The molecule has 0 heterocycles. The first kappa shape index (κ1) is 44.2. The van der Waals surface area contributed by atoms with Crippen molar-refractivity contribution in [2.24, 2.45) is 0 Å². The second-order valence-corrected chi connectivity index (χ2v) is 14.3. The fraction of sp³-hybridized carbons (Fsp3) is 0.778. The number of allylic oxidation sites excluding steroid dienone is 6. The van der Waals surface area contributed by atoms with Gasteiger partial charge in [0.1, 0.15) is 19.8 Å². The number of hydrogen-bond acceptors (Lipinski definition) is 7. The number of phosphoric ester groups is 1. The van der Waals surface area contributed by atoms with E-state index >= 15 is 0 Å². The molecule has 0 fully saturated rings. The van der Waals surface area contributed by atoms with Gasteiger partial charge in [0.15, 0.2) is 6.10 Å². The molecule has 0 aromatic carbocycles. The number of ether oxygens (including phenoxy) is 2. The van der Waals surface area contributed by atoms with Crippen molar-refractivity contribution in [2.45, 2.75) is 136 Å². The van der Waals surface area contributed by atoms with E-state index in [1.54, 1.807) is 0 Å². The molecule has 0 aliphatic carbocycles. The zero-order valence-electron chi connectivity index (χ0n) is 29.8. The molecule has 0 aromatic rings. The minimum absolute atomic E-state index is 0.0278. The van der Waals surface area contributed by atoms with Gasteiger partial charge in [-0.25, -0.2) is 4.57 Å². The Balaban J connectivity index is 4.47. The third-order valence-corrected chi connectivity index (χ3v) is 8.17. The van der Waals surface area contributed by atoms with E-state index in [0.717, 1.165) is 70.6 Å². The summed E-state index contributed by atoms with van der Waals surface area (Å²) < 4.78 is 34.0. The van der Waals surface area contributed by atoms with Gasteiger partial charge in [0.05, 0.1) is 27.7 Å². The van der Waals surface area contributed by atoms with Crippen LogP contribution in [0.15, 0.2) is 36.5 Å². The van der Waals surface area contributed by atoms with Gasteiger partial charge in [0.25, 0.3) is 0 Å². The van der Waals surface area contributed by atoms with Crippen LogP contribution in [0.5, 0.6) is 0 Å². The summed E-state index contributed by atoms with van der Waals surface area (Å²) in [5.74, 6) is -0.830. The van der Waals surface area contributed by atoms with Crippen LogP contribution in [0.1, 0.15) is 129 Å². The lowest BCUT2D eigenvalue weighted by Crippen LogP contribution is -2.37. The number of quaternary nitrogens is 1. The van der Waals surface area contributed by atoms with Crippen molar-refractivity contribution in [1.29, 1.82) is 0 Å². The Morgan fingerprint density at radius 1 is 0.696 bits per heavy atom. The maximum atomic E-state index is 12.6. The molecule has 1 unspecified atom stereocenters. The highest BCUT2D eigenvalue weighted by Gasteiger charge is 2.27. The lowest BCUT2D eigenvalue weighted by Gasteiger charge is -2.24. The summed E-state index contributed by atoms with van der Waals surface area (Å²) in [7, 11) is 1.46. The van der Waals surface area contributed by atoms with Gasteiger partial charge in [0, 0.05) is 12.8 Å². The molecule has 0 bridgehead atoms. The van der Waals surface area contributed by atoms with E-state index in [0.29, 0.717) is 17.4 Å². The quantitative estimate of drug-likeness (QED) is 0.0256. The second kappa shape index (κ2) is 29.4. The van der Waals surface area contributed by atoms with Crippen LogP contribution in [0.3, 0.4) is 0 Å². The van der Waals surface area contributed by atoms with Crippen LogP contribution < -0.4 is 0 Å². The molecule has 1 N–H and O–H groups in total. The van der Waals surface area contributed by atoms with Crippen molar-refractivity contribution in [1.82, 2.24) is 0 Å². The average Bonchev–Trinajstić information content (AvgIpc) is 2.99. The predicted molar refractivity (Wildman–Crippen MR) is 187 cm³/mol. The summed E-state index contributed by atoms with van der Waals surface area (Å²) in [4.78, 5) is 34.9. The Morgan fingerprint density at radius 3 is 1.85 bits per heavy atom. The molecule has 0 amide bonds. The van der Waals surface area contributed by atoms with Crippen LogP contribution in [0.25, 0.3) is 0 Å². The van der Waals surface area contributed by atoms with E-state index in [4.69, 9.17) is 18.5 Å². The molecule has 0 aliphatic rings. The van der Waals surface area contributed by atoms with E-state index in [-0.39, 0.29) is 32.0 Å². The molecule has 10 heteroatoms. The first-order valence-corrected chi connectivity index (χ1v) is 19.2. The summed E-state index contributed by atoms with van der Waals surface area (Å²) in [5.41, 5.74) is 0. The molecule has 268 valence electrons. The normalized spacial score (nSPS) is 14.3. The largest absolute Gasteiger partial charge is 0.472 e. The van der Waals surface area contributed by atoms with Crippen LogP contribution in [0.2, 0.25) is 0 Å². The topological polar surface area (TPSA) is 108 Å². The van der Waals surface area contributed by atoms with Crippen molar-refractivity contribution in [2.75, 3.05) is 47.5 Å². The fourth-order valence-corrected chi connectivity index (χ4v) is 5.12. The third-order valence-electron chi connectivity index (χ3n) is 7.18. The Bertz CT molecular complexity index is 897. The second-order valence-electron chi connectivity index (χ2n) is 12.9. The summed E-state index contributed by atoms with van der Waals surface area (Å²) >= 11 is 0. The van der Waals surface area contributed by atoms with Gasteiger partial charge in [-0.3, -0.25) is 18.6 Å². The van der Waals surface area contributed by atoms with Crippen LogP contribution in [-0.2, 0) is 32.7 Å². The highest BCUT2D eigenvalue weighted by atomic mass is 31.2. The Kier molecular flexibility index (Phi) is 28.2. The smallest absolute Gasteiger partial charge is 0.462 e. The van der Waals surface area contributed by atoms with Gasteiger partial charge in [-0.1, -0.05) is 108 Å². The van der Waals surface area contributed by atoms with E-state index < -0.39 is 26.5 Å². The lowest BCUT2D eigenvalue weighted by atomic mass is 10.1. The molecule has 0 radical (unpaired) electrons. The summed E-state index contributed by atoms with van der Waals surface area (Å²) in [5, 5.41) is 0. The molecule has 0 rings (SSSR count). The number of likely N-dealkylation sites (N-methyl/N-ethyl adjacent to an activating group) is 1. The third kappa shape index (κ3) is 32.2. The van der Waals surface area contributed by atoms with Gasteiger partial charge in [0.2, 0.25) is 0 Å². The van der Waals surface area contributed by atoms with Crippen molar-refractivity contribution in [3.05, 3.63) is 36.5 Å². The van der Waals surface area contributed by atoms with Crippen LogP contribution in [0.4, 0.5) is 0 Å². The number of phosphoric acid groups is 1. The monoisotopic (exact) mass is 672 g/mol. The number of unbranched alkanes of at least 4 members (excludes halogenated alkanes) is 11. The van der Waals surface area contributed by atoms with Crippen LogP contribution in [0, 0.1) is 0 Å². The molecule has 0 spiro atoms. The number of rotatable bonds is 31. The predicted octanol–water partition coefficient (Wildman–Crippen LogP) is 9.01. The minimum atomic E-state index is -4.36. The van der Waals surface area contributed by atoms with Gasteiger partial charge >= 0.3 is 19.8 Å². The number of nitrogens with zero attached hydrogens (tertiary/aromatic N) is 1. The van der Waals surface area contributed by atoms with Gasteiger partial charge in [-0.05, 0) is 44.9 Å².